The quantitative estimate of drug-likeness (QED) is 0.826. The topological polar surface area (TPSA) is 111 Å². The lowest BCUT2D eigenvalue weighted by atomic mass is 9.97. The molecule has 2 aromatic rings. The number of nitrogens with zero attached hydrogens (tertiary/aromatic N) is 2. The van der Waals surface area contributed by atoms with Crippen molar-refractivity contribution >= 4 is 21.6 Å². The van der Waals surface area contributed by atoms with E-state index in [-0.39, 0.29) is 42.4 Å². The molecule has 4 rings (SSSR count). The molecule has 1 aromatic heterocycles. The lowest BCUT2D eigenvalue weighted by Crippen LogP contribution is -2.41. The van der Waals surface area contributed by atoms with Crippen LogP contribution in [-0.4, -0.2) is 43.7 Å². The van der Waals surface area contributed by atoms with Gasteiger partial charge < -0.3 is 19.3 Å². The monoisotopic (exact) mass is 407 g/mol. The smallest absolute Gasteiger partial charge is 0.248 e. The van der Waals surface area contributed by atoms with Gasteiger partial charge in [-0.3, -0.25) is 4.79 Å². The molecule has 0 aliphatic carbocycles. The van der Waals surface area contributed by atoms with Crippen molar-refractivity contribution in [1.82, 2.24) is 9.46 Å². The molecule has 0 unspecified atom stereocenters. The number of carbonyl (C=O) groups excluding carboxylic acids is 1. The third-order valence-corrected chi connectivity index (χ3v) is 7.17. The first-order chi connectivity index (χ1) is 13.4. The maximum Gasteiger partial charge on any atom is 0.248 e. The van der Waals surface area contributed by atoms with Crippen molar-refractivity contribution in [2.75, 3.05) is 25.2 Å². The van der Waals surface area contributed by atoms with Crippen LogP contribution in [0, 0.1) is 19.8 Å². The number of sulfonamides is 1. The minimum Gasteiger partial charge on any atom is -0.454 e. The van der Waals surface area contributed by atoms with E-state index in [1.807, 2.05) is 0 Å². The maximum atomic E-state index is 12.9. The van der Waals surface area contributed by atoms with Crippen LogP contribution in [0.1, 0.15) is 24.3 Å². The molecule has 9 nitrogen and oxygen atoms in total. The SMILES string of the molecule is Cc1noc(C)c1S(=O)(=O)N1CCC(C(=O)Nc2ccc3c(c2)OCO3)CC1. The van der Waals surface area contributed by atoms with Gasteiger partial charge in [0.05, 0.1) is 0 Å². The van der Waals surface area contributed by atoms with Crippen LogP contribution in [0.5, 0.6) is 11.5 Å². The van der Waals surface area contributed by atoms with E-state index in [4.69, 9.17) is 14.0 Å². The Balaban J connectivity index is 1.39. The molecule has 1 N–H and O–H groups in total. The molecule has 0 atom stereocenters. The standard InChI is InChI=1S/C18H21N3O6S/c1-11-17(12(2)27-20-11)28(23,24)21-7-5-13(6-8-21)18(22)19-14-3-4-15-16(9-14)26-10-25-15/h3-4,9,13H,5-8,10H2,1-2H3,(H,19,22). The van der Waals surface area contributed by atoms with Gasteiger partial charge in [-0.2, -0.15) is 4.31 Å². The molecule has 0 spiro atoms. The second-order valence-corrected chi connectivity index (χ2v) is 8.76. The summed E-state index contributed by atoms with van der Waals surface area (Å²) in [4.78, 5) is 12.7. The fourth-order valence-electron chi connectivity index (χ4n) is 3.55. The van der Waals surface area contributed by atoms with Crippen molar-refractivity contribution in [3.63, 3.8) is 0 Å². The Morgan fingerprint density at radius 3 is 2.57 bits per heavy atom. The van der Waals surface area contributed by atoms with E-state index in [0.717, 1.165) is 0 Å². The van der Waals surface area contributed by atoms with E-state index in [0.29, 0.717) is 35.7 Å². The zero-order valence-corrected chi connectivity index (χ0v) is 16.4. The molecular formula is C18H21N3O6S. The van der Waals surface area contributed by atoms with Crippen LogP contribution in [0.15, 0.2) is 27.6 Å². The van der Waals surface area contributed by atoms with Gasteiger partial charge in [0.15, 0.2) is 17.3 Å². The lowest BCUT2D eigenvalue weighted by molar-refractivity contribution is -0.120. The summed E-state index contributed by atoms with van der Waals surface area (Å²) in [7, 11) is -3.68. The molecule has 150 valence electrons. The molecule has 0 saturated carbocycles. The highest BCUT2D eigenvalue weighted by atomic mass is 32.2. The van der Waals surface area contributed by atoms with Crippen molar-refractivity contribution in [1.29, 1.82) is 0 Å². The van der Waals surface area contributed by atoms with Gasteiger partial charge in [-0.1, -0.05) is 5.16 Å². The van der Waals surface area contributed by atoms with Gasteiger partial charge in [-0.15, -0.1) is 0 Å². The summed E-state index contributed by atoms with van der Waals surface area (Å²) >= 11 is 0. The summed E-state index contributed by atoms with van der Waals surface area (Å²) < 4.78 is 42.7. The van der Waals surface area contributed by atoms with E-state index >= 15 is 0 Å². The second-order valence-electron chi connectivity index (χ2n) is 6.89. The number of anilines is 1. The van der Waals surface area contributed by atoms with Crippen molar-refractivity contribution in [2.24, 2.45) is 5.92 Å². The van der Waals surface area contributed by atoms with Crippen LogP contribution in [0.25, 0.3) is 0 Å². The Hall–Kier alpha value is -2.59. The highest BCUT2D eigenvalue weighted by Crippen LogP contribution is 2.34. The fourth-order valence-corrected chi connectivity index (χ4v) is 5.31. The Morgan fingerprint density at radius 2 is 1.89 bits per heavy atom. The van der Waals surface area contributed by atoms with Crippen LogP contribution >= 0.6 is 0 Å². The summed E-state index contributed by atoms with van der Waals surface area (Å²) in [6.07, 6.45) is 0.887. The number of ether oxygens (including phenoxy) is 2. The number of benzene rings is 1. The van der Waals surface area contributed by atoms with E-state index < -0.39 is 10.0 Å². The molecule has 2 aliphatic heterocycles. The molecule has 0 bridgehead atoms. The van der Waals surface area contributed by atoms with Gasteiger partial charge in [-0.05, 0) is 38.8 Å². The third kappa shape index (κ3) is 3.33. The molecule has 0 radical (unpaired) electrons. The number of rotatable bonds is 4. The zero-order chi connectivity index (χ0) is 19.9. The first-order valence-corrected chi connectivity index (χ1v) is 10.4. The Bertz CT molecular complexity index is 989. The van der Waals surface area contributed by atoms with Gasteiger partial charge in [0.25, 0.3) is 0 Å². The number of hydrogen-bond acceptors (Lipinski definition) is 7. The fraction of sp³-hybridized carbons (Fsp3) is 0.444. The molecule has 1 saturated heterocycles. The average molecular weight is 407 g/mol. The molecule has 1 fully saturated rings. The minimum atomic E-state index is -3.68. The van der Waals surface area contributed by atoms with Gasteiger partial charge >= 0.3 is 0 Å². The van der Waals surface area contributed by atoms with Crippen LogP contribution in [-0.2, 0) is 14.8 Å². The molecule has 10 heteroatoms. The number of amides is 1. The second kappa shape index (κ2) is 7.10. The van der Waals surface area contributed by atoms with E-state index in [9.17, 15) is 13.2 Å². The predicted octanol–water partition coefficient (Wildman–Crippen LogP) is 2.06. The molecule has 1 aromatic carbocycles. The minimum absolute atomic E-state index is 0.121. The largest absolute Gasteiger partial charge is 0.454 e. The van der Waals surface area contributed by atoms with Crippen molar-refractivity contribution in [3.8, 4) is 11.5 Å². The van der Waals surface area contributed by atoms with Crippen LogP contribution in [0.3, 0.4) is 0 Å². The predicted molar refractivity (Wildman–Crippen MR) is 98.7 cm³/mol. The summed E-state index contributed by atoms with van der Waals surface area (Å²) in [5, 5.41) is 6.60. The average Bonchev–Trinajstić information content (AvgIpc) is 3.27. The van der Waals surface area contributed by atoms with E-state index in [2.05, 4.69) is 10.5 Å². The highest BCUT2D eigenvalue weighted by molar-refractivity contribution is 7.89. The number of hydrogen-bond donors (Lipinski definition) is 1. The first kappa shape index (κ1) is 18.8. The number of fused-ring (bicyclic) bond motifs is 1. The molecule has 28 heavy (non-hydrogen) atoms. The third-order valence-electron chi connectivity index (χ3n) is 5.03. The zero-order valence-electron chi connectivity index (χ0n) is 15.6. The molecular weight excluding hydrogens is 386 g/mol. The number of aromatic nitrogens is 1. The maximum absolute atomic E-state index is 12.9. The van der Waals surface area contributed by atoms with Gasteiger partial charge in [-0.25, -0.2) is 8.42 Å². The van der Waals surface area contributed by atoms with Gasteiger partial charge in [0, 0.05) is 30.8 Å². The summed E-state index contributed by atoms with van der Waals surface area (Å²) in [5.74, 6) is 1.13. The number of aryl methyl sites for hydroxylation is 2. The summed E-state index contributed by atoms with van der Waals surface area (Å²) in [6, 6.07) is 5.22. The van der Waals surface area contributed by atoms with E-state index in [1.165, 1.54) is 4.31 Å². The Kier molecular flexibility index (Phi) is 4.76. The molecule has 2 aliphatic rings. The van der Waals surface area contributed by atoms with Crippen LogP contribution < -0.4 is 14.8 Å². The summed E-state index contributed by atoms with van der Waals surface area (Å²) in [5.41, 5.74) is 0.972. The van der Waals surface area contributed by atoms with Crippen molar-refractivity contribution in [3.05, 3.63) is 29.7 Å². The molecule has 3 heterocycles. The van der Waals surface area contributed by atoms with Crippen LogP contribution in [0.2, 0.25) is 0 Å². The van der Waals surface area contributed by atoms with E-state index in [1.54, 1.807) is 32.0 Å². The van der Waals surface area contributed by atoms with Crippen molar-refractivity contribution in [2.45, 2.75) is 31.6 Å². The molecule has 1 amide bonds. The van der Waals surface area contributed by atoms with Gasteiger partial charge in [0.2, 0.25) is 22.7 Å². The number of piperidine rings is 1. The number of nitrogens with one attached hydrogen (secondary N) is 1. The lowest BCUT2D eigenvalue weighted by Gasteiger charge is -2.30. The summed E-state index contributed by atoms with van der Waals surface area (Å²) in [6.45, 7) is 3.90. The van der Waals surface area contributed by atoms with Crippen LogP contribution in [0.4, 0.5) is 5.69 Å². The first-order valence-electron chi connectivity index (χ1n) is 9.00. The Labute approximate surface area is 162 Å². The van der Waals surface area contributed by atoms with Crippen molar-refractivity contribution < 1.29 is 27.2 Å². The van der Waals surface area contributed by atoms with Gasteiger partial charge in [0.1, 0.15) is 10.6 Å². The Morgan fingerprint density at radius 1 is 1.18 bits per heavy atom. The number of carbonyl (C=O) groups is 1. The highest BCUT2D eigenvalue weighted by Gasteiger charge is 2.35. The normalized spacial score (nSPS) is 17.6.